The van der Waals surface area contributed by atoms with Crippen LogP contribution in [0.15, 0.2) is 53.8 Å². The summed E-state index contributed by atoms with van der Waals surface area (Å²) in [5.41, 5.74) is 0.657. The van der Waals surface area contributed by atoms with E-state index < -0.39 is 4.92 Å². The van der Waals surface area contributed by atoms with Gasteiger partial charge in [-0.05, 0) is 31.0 Å². The van der Waals surface area contributed by atoms with Crippen molar-refractivity contribution in [3.63, 3.8) is 0 Å². The Hall–Kier alpha value is -3.67. The number of para-hydroxylation sites is 2. The van der Waals surface area contributed by atoms with E-state index in [2.05, 4.69) is 20.6 Å². The Balaban J connectivity index is 1.58. The first-order valence-electron chi connectivity index (χ1n) is 9.44. The van der Waals surface area contributed by atoms with E-state index in [1.807, 2.05) is 6.19 Å². The number of pyridine rings is 1. The fraction of sp³-hybridized carbons (Fsp3) is 0.350. The van der Waals surface area contributed by atoms with Crippen LogP contribution in [0.1, 0.15) is 32.1 Å². The van der Waals surface area contributed by atoms with Crippen molar-refractivity contribution in [2.24, 2.45) is 4.99 Å². The lowest BCUT2D eigenvalue weighted by atomic mass is 10.1. The molecule has 0 saturated heterocycles. The number of aliphatic imine (C=N–C) groups is 1. The topological polar surface area (TPSA) is 125 Å². The molecule has 0 spiro atoms. The molecule has 1 aromatic heterocycles. The van der Waals surface area contributed by atoms with Gasteiger partial charge in [0, 0.05) is 18.8 Å². The predicted octanol–water partition coefficient (Wildman–Crippen LogP) is 3.67. The van der Waals surface area contributed by atoms with Crippen LogP contribution in [0.5, 0.6) is 5.75 Å². The maximum Gasteiger partial charge on any atom is 0.310 e. The Morgan fingerprint density at radius 3 is 2.72 bits per heavy atom. The van der Waals surface area contributed by atoms with Crippen LogP contribution in [-0.2, 0) is 0 Å². The third kappa shape index (κ3) is 8.26. The predicted molar refractivity (Wildman–Crippen MR) is 110 cm³/mol. The molecule has 1 heterocycles. The van der Waals surface area contributed by atoms with Crippen LogP contribution in [0.25, 0.3) is 0 Å². The standard InChI is InChI=1S/C20H24N6O3/c21-16-24-20(25-17-9-8-12-22-15-17)23-13-6-2-1-3-7-14-29-19-11-5-4-10-18(19)26(27)28/h4-5,8-12,15H,1-3,6-7,13-14H2,(H2,23,24,25). The molecule has 0 aliphatic heterocycles. The Kier molecular flexibility index (Phi) is 9.45. The molecule has 2 rings (SSSR count). The van der Waals surface area contributed by atoms with Crippen LogP contribution in [-0.4, -0.2) is 29.0 Å². The van der Waals surface area contributed by atoms with Gasteiger partial charge in [-0.25, -0.2) is 4.99 Å². The van der Waals surface area contributed by atoms with E-state index in [-0.39, 0.29) is 5.69 Å². The number of benzene rings is 1. The molecular formula is C20H24N6O3. The van der Waals surface area contributed by atoms with Gasteiger partial charge < -0.3 is 10.1 Å². The summed E-state index contributed by atoms with van der Waals surface area (Å²) in [6.45, 7) is 1.15. The average molecular weight is 396 g/mol. The number of nitriles is 1. The summed E-state index contributed by atoms with van der Waals surface area (Å²) in [5, 5.41) is 25.4. The molecule has 0 amide bonds. The summed E-state index contributed by atoms with van der Waals surface area (Å²) >= 11 is 0. The van der Waals surface area contributed by atoms with Crippen molar-refractivity contribution < 1.29 is 9.66 Å². The van der Waals surface area contributed by atoms with E-state index in [0.717, 1.165) is 32.1 Å². The maximum absolute atomic E-state index is 10.9. The van der Waals surface area contributed by atoms with Crippen molar-refractivity contribution >= 4 is 17.3 Å². The van der Waals surface area contributed by atoms with Gasteiger partial charge in [-0.2, -0.15) is 5.26 Å². The molecule has 0 aliphatic rings. The second-order valence-corrected chi connectivity index (χ2v) is 6.18. The third-order valence-corrected chi connectivity index (χ3v) is 3.99. The molecule has 9 heteroatoms. The van der Waals surface area contributed by atoms with Gasteiger partial charge in [0.2, 0.25) is 5.96 Å². The largest absolute Gasteiger partial charge is 0.487 e. The molecule has 29 heavy (non-hydrogen) atoms. The fourth-order valence-corrected chi connectivity index (χ4v) is 2.59. The zero-order valence-electron chi connectivity index (χ0n) is 16.1. The minimum atomic E-state index is -0.435. The van der Waals surface area contributed by atoms with Crippen LogP contribution in [0.4, 0.5) is 11.4 Å². The molecule has 1 aromatic carbocycles. The van der Waals surface area contributed by atoms with E-state index >= 15 is 0 Å². The van der Waals surface area contributed by atoms with Gasteiger partial charge in [-0.15, -0.1) is 0 Å². The highest BCUT2D eigenvalue weighted by atomic mass is 16.6. The molecule has 0 saturated carbocycles. The molecule has 0 unspecified atom stereocenters. The Bertz CT molecular complexity index is 836. The maximum atomic E-state index is 10.9. The fourth-order valence-electron chi connectivity index (χ4n) is 2.59. The highest BCUT2D eigenvalue weighted by Gasteiger charge is 2.12. The lowest BCUT2D eigenvalue weighted by molar-refractivity contribution is -0.385. The van der Waals surface area contributed by atoms with Crippen molar-refractivity contribution in [1.82, 2.24) is 15.6 Å². The average Bonchev–Trinajstić information content (AvgIpc) is 2.73. The van der Waals surface area contributed by atoms with Crippen LogP contribution >= 0.6 is 0 Å². The first-order valence-corrected chi connectivity index (χ1v) is 9.44. The lowest BCUT2D eigenvalue weighted by Gasteiger charge is -2.08. The molecule has 0 fully saturated rings. The van der Waals surface area contributed by atoms with Gasteiger partial charge in [0.25, 0.3) is 0 Å². The SMILES string of the molecule is N#CN/C(=N\c1cccnc1)NCCCCCCCOc1ccccc1[N+](=O)[O-]. The first-order chi connectivity index (χ1) is 14.2. The number of nitrogens with one attached hydrogen (secondary N) is 2. The number of unbranched alkanes of at least 4 members (excludes halogenated alkanes) is 4. The number of rotatable bonds is 11. The third-order valence-electron chi connectivity index (χ3n) is 3.99. The summed E-state index contributed by atoms with van der Waals surface area (Å²) in [7, 11) is 0. The number of guanidine groups is 1. The summed E-state index contributed by atoms with van der Waals surface area (Å²) in [6, 6.07) is 9.99. The molecule has 0 atom stereocenters. The second-order valence-electron chi connectivity index (χ2n) is 6.18. The number of hydrogen-bond donors (Lipinski definition) is 2. The highest BCUT2D eigenvalue weighted by Crippen LogP contribution is 2.25. The molecule has 2 aromatic rings. The number of nitro benzene ring substituents is 1. The molecular weight excluding hydrogens is 372 g/mol. The number of aromatic nitrogens is 1. The smallest absolute Gasteiger partial charge is 0.310 e. The summed E-state index contributed by atoms with van der Waals surface area (Å²) < 4.78 is 5.53. The summed E-state index contributed by atoms with van der Waals surface area (Å²) in [5.74, 6) is 0.713. The van der Waals surface area contributed by atoms with Crippen molar-refractivity contribution in [2.75, 3.05) is 13.2 Å². The van der Waals surface area contributed by atoms with Gasteiger partial charge >= 0.3 is 5.69 Å². The Morgan fingerprint density at radius 2 is 1.97 bits per heavy atom. The van der Waals surface area contributed by atoms with Crippen LogP contribution in [0, 0.1) is 21.6 Å². The summed E-state index contributed by atoms with van der Waals surface area (Å²) in [6.07, 6.45) is 9.95. The van der Waals surface area contributed by atoms with Gasteiger partial charge in [-0.3, -0.25) is 20.4 Å². The van der Waals surface area contributed by atoms with E-state index in [9.17, 15) is 10.1 Å². The zero-order valence-corrected chi connectivity index (χ0v) is 16.1. The van der Waals surface area contributed by atoms with E-state index in [4.69, 9.17) is 10.00 Å². The molecule has 9 nitrogen and oxygen atoms in total. The number of nitrogens with zero attached hydrogens (tertiary/aromatic N) is 4. The Labute approximate surface area is 169 Å². The molecule has 152 valence electrons. The highest BCUT2D eigenvalue weighted by molar-refractivity contribution is 5.83. The van der Waals surface area contributed by atoms with Gasteiger partial charge in [0.05, 0.1) is 23.4 Å². The van der Waals surface area contributed by atoms with E-state index in [1.165, 1.54) is 6.07 Å². The van der Waals surface area contributed by atoms with Crippen molar-refractivity contribution in [3.05, 3.63) is 58.9 Å². The minimum Gasteiger partial charge on any atom is -0.487 e. The van der Waals surface area contributed by atoms with E-state index in [1.54, 1.807) is 42.7 Å². The lowest BCUT2D eigenvalue weighted by Crippen LogP contribution is -2.34. The van der Waals surface area contributed by atoms with Crippen molar-refractivity contribution in [3.8, 4) is 11.9 Å². The van der Waals surface area contributed by atoms with Crippen LogP contribution in [0.2, 0.25) is 0 Å². The molecule has 0 radical (unpaired) electrons. The molecule has 0 bridgehead atoms. The minimum absolute atomic E-state index is 0.00620. The normalized spacial score (nSPS) is 10.8. The summed E-state index contributed by atoms with van der Waals surface area (Å²) in [4.78, 5) is 18.8. The Morgan fingerprint density at radius 1 is 1.17 bits per heavy atom. The van der Waals surface area contributed by atoms with Crippen molar-refractivity contribution in [2.45, 2.75) is 32.1 Å². The van der Waals surface area contributed by atoms with E-state index in [0.29, 0.717) is 30.5 Å². The number of hydrogen-bond acceptors (Lipinski definition) is 6. The van der Waals surface area contributed by atoms with Gasteiger partial charge in [-0.1, -0.05) is 31.4 Å². The second kappa shape index (κ2) is 12.7. The number of nitro groups is 1. The van der Waals surface area contributed by atoms with Crippen molar-refractivity contribution in [1.29, 1.82) is 5.26 Å². The molecule has 2 N–H and O–H groups in total. The molecule has 0 aliphatic carbocycles. The number of ether oxygens (including phenoxy) is 1. The van der Waals surface area contributed by atoms with Crippen LogP contribution < -0.4 is 15.4 Å². The monoisotopic (exact) mass is 396 g/mol. The van der Waals surface area contributed by atoms with Crippen LogP contribution in [0.3, 0.4) is 0 Å². The quantitative estimate of drug-likeness (QED) is 0.113. The van der Waals surface area contributed by atoms with Gasteiger partial charge in [0.1, 0.15) is 0 Å². The zero-order chi connectivity index (χ0) is 20.7. The van der Waals surface area contributed by atoms with Gasteiger partial charge in [0.15, 0.2) is 11.9 Å². The first kappa shape index (κ1) is 21.6.